The van der Waals surface area contributed by atoms with Crippen molar-refractivity contribution in [2.24, 2.45) is 12.2 Å². The van der Waals surface area contributed by atoms with Gasteiger partial charge in [-0.1, -0.05) is 18.9 Å². The first kappa shape index (κ1) is 24.7. The molecule has 5 nitrogen and oxygen atoms in total. The average molecular weight is 472 g/mol. The van der Waals surface area contributed by atoms with E-state index >= 15 is 0 Å². The van der Waals surface area contributed by atoms with Gasteiger partial charge < -0.3 is 10.3 Å². The highest BCUT2D eigenvalue weighted by atomic mass is 32.2. The van der Waals surface area contributed by atoms with E-state index in [-0.39, 0.29) is 33.0 Å². The summed E-state index contributed by atoms with van der Waals surface area (Å²) >= 11 is 1.23. The smallest absolute Gasteiger partial charge is 0.250 e. The largest absolute Gasteiger partial charge is 0.396 e. The van der Waals surface area contributed by atoms with Gasteiger partial charge in [0.25, 0.3) is 5.56 Å². The Morgan fingerprint density at radius 2 is 1.76 bits per heavy atom. The molecule has 33 heavy (non-hydrogen) atoms. The van der Waals surface area contributed by atoms with Crippen LogP contribution in [-0.2, 0) is 7.05 Å². The van der Waals surface area contributed by atoms with Gasteiger partial charge in [-0.15, -0.1) is 0 Å². The Kier molecular flexibility index (Phi) is 7.09. The standard InChI is InChI=1S/C25H27F2N3O2S/c1-14(12-25(2,3)33-29)17-11-23(31)30(4)13-20(17)18-10-22(28)21(27)9-19(18)24(32)15-5-7-16(26)8-6-15/h5-11,13-14H,12,28-29H2,1-4H3/t14-/m0/s1. The van der Waals surface area contributed by atoms with Crippen LogP contribution in [0, 0.1) is 11.6 Å². The number of hydrogen-bond donors (Lipinski definition) is 2. The fraction of sp³-hybridized carbons (Fsp3) is 0.280. The molecule has 2 aromatic carbocycles. The highest BCUT2D eigenvalue weighted by Gasteiger charge is 2.26. The molecule has 0 bridgehead atoms. The van der Waals surface area contributed by atoms with Crippen molar-refractivity contribution >= 4 is 23.4 Å². The number of halogens is 2. The maximum atomic E-state index is 14.5. The highest BCUT2D eigenvalue weighted by Crippen LogP contribution is 2.38. The molecule has 0 aliphatic heterocycles. The molecule has 0 radical (unpaired) electrons. The van der Waals surface area contributed by atoms with Gasteiger partial charge in [0.1, 0.15) is 11.6 Å². The number of carbonyl (C=O) groups excluding carboxylic acids is 1. The third-order valence-corrected chi connectivity index (χ3v) is 6.49. The second kappa shape index (κ2) is 9.49. The van der Waals surface area contributed by atoms with Crippen LogP contribution in [0.25, 0.3) is 11.1 Å². The van der Waals surface area contributed by atoms with Crippen LogP contribution < -0.4 is 16.4 Å². The third kappa shape index (κ3) is 5.34. The van der Waals surface area contributed by atoms with Gasteiger partial charge in [-0.3, -0.25) is 14.7 Å². The van der Waals surface area contributed by atoms with Gasteiger partial charge in [0.2, 0.25) is 0 Å². The zero-order valence-electron chi connectivity index (χ0n) is 19.0. The van der Waals surface area contributed by atoms with E-state index < -0.39 is 17.4 Å². The van der Waals surface area contributed by atoms with Crippen molar-refractivity contribution in [2.45, 2.75) is 37.9 Å². The number of carbonyl (C=O) groups is 1. The van der Waals surface area contributed by atoms with Crippen LogP contribution in [0.2, 0.25) is 0 Å². The molecule has 1 atom stereocenters. The second-order valence-corrected chi connectivity index (χ2v) is 10.2. The number of rotatable bonds is 7. The maximum absolute atomic E-state index is 14.5. The molecule has 4 N–H and O–H groups in total. The molecule has 3 aromatic rings. The van der Waals surface area contributed by atoms with Crippen LogP contribution in [0.3, 0.4) is 0 Å². The van der Waals surface area contributed by atoms with Crippen LogP contribution in [0.1, 0.15) is 54.6 Å². The van der Waals surface area contributed by atoms with Crippen molar-refractivity contribution < 1.29 is 13.6 Å². The molecule has 0 unspecified atom stereocenters. The SMILES string of the molecule is C[C@@H](CC(C)(C)SN)c1cc(=O)n(C)cc1-c1cc(N)c(F)cc1C(=O)c1ccc(F)cc1. The van der Waals surface area contributed by atoms with Crippen molar-refractivity contribution in [2.75, 3.05) is 5.73 Å². The first-order chi connectivity index (χ1) is 15.4. The monoisotopic (exact) mass is 471 g/mol. The number of ketones is 1. The molecule has 0 saturated heterocycles. The third-order valence-electron chi connectivity index (χ3n) is 5.69. The fourth-order valence-electron chi connectivity index (χ4n) is 3.93. The summed E-state index contributed by atoms with van der Waals surface area (Å²) in [5.41, 5.74) is 7.54. The lowest BCUT2D eigenvalue weighted by Gasteiger charge is -2.27. The van der Waals surface area contributed by atoms with Gasteiger partial charge in [-0.05, 0) is 73.7 Å². The molecule has 0 amide bonds. The summed E-state index contributed by atoms with van der Waals surface area (Å²) in [6, 6.07) is 9.07. The van der Waals surface area contributed by atoms with Crippen LogP contribution in [0.15, 0.2) is 53.5 Å². The molecular formula is C25H27F2N3O2S. The Hall–Kier alpha value is -2.97. The fourth-order valence-corrected chi connectivity index (χ4v) is 4.28. The number of nitrogen functional groups attached to an aromatic ring is 1. The van der Waals surface area contributed by atoms with E-state index in [1.807, 2.05) is 20.8 Å². The van der Waals surface area contributed by atoms with Gasteiger partial charge in [0.15, 0.2) is 5.78 Å². The lowest BCUT2D eigenvalue weighted by molar-refractivity contribution is 0.103. The van der Waals surface area contributed by atoms with E-state index in [1.54, 1.807) is 13.2 Å². The number of anilines is 1. The average Bonchev–Trinajstić information content (AvgIpc) is 2.76. The zero-order valence-corrected chi connectivity index (χ0v) is 19.8. The topological polar surface area (TPSA) is 91.1 Å². The summed E-state index contributed by atoms with van der Waals surface area (Å²) in [5, 5.41) is 5.83. The molecule has 0 spiro atoms. The van der Waals surface area contributed by atoms with E-state index in [4.69, 9.17) is 10.9 Å². The van der Waals surface area contributed by atoms with Crippen LogP contribution in [0.4, 0.5) is 14.5 Å². The molecule has 0 fully saturated rings. The number of hydrogen-bond acceptors (Lipinski definition) is 5. The summed E-state index contributed by atoms with van der Waals surface area (Å²) in [7, 11) is 1.61. The number of nitrogens with two attached hydrogens (primary N) is 2. The van der Waals surface area contributed by atoms with Gasteiger partial charge >= 0.3 is 0 Å². The van der Waals surface area contributed by atoms with Crippen LogP contribution in [0.5, 0.6) is 0 Å². The molecule has 0 aliphatic carbocycles. The Balaban J connectivity index is 2.25. The minimum atomic E-state index is -0.732. The maximum Gasteiger partial charge on any atom is 0.250 e. The first-order valence-corrected chi connectivity index (χ1v) is 11.3. The second-order valence-electron chi connectivity index (χ2n) is 8.83. The molecule has 174 valence electrons. The number of pyridine rings is 1. The van der Waals surface area contributed by atoms with Crippen molar-refractivity contribution in [1.82, 2.24) is 4.57 Å². The Morgan fingerprint density at radius 3 is 2.36 bits per heavy atom. The molecule has 1 aromatic heterocycles. The van der Waals surface area contributed by atoms with E-state index in [2.05, 4.69) is 0 Å². The van der Waals surface area contributed by atoms with E-state index in [1.165, 1.54) is 52.9 Å². The summed E-state index contributed by atoms with van der Waals surface area (Å²) in [6.07, 6.45) is 2.29. The number of benzene rings is 2. The Labute approximate surface area is 195 Å². The van der Waals surface area contributed by atoms with E-state index in [0.717, 1.165) is 6.07 Å². The number of aryl methyl sites for hydroxylation is 1. The molecule has 3 rings (SSSR count). The Bertz CT molecular complexity index is 1250. The lowest BCUT2D eigenvalue weighted by Crippen LogP contribution is -2.23. The molecular weight excluding hydrogens is 444 g/mol. The zero-order chi connectivity index (χ0) is 24.5. The van der Waals surface area contributed by atoms with E-state index in [9.17, 15) is 18.4 Å². The van der Waals surface area contributed by atoms with E-state index in [0.29, 0.717) is 23.1 Å². The number of nitrogens with zero attached hydrogens (tertiary/aromatic N) is 1. The lowest BCUT2D eigenvalue weighted by atomic mass is 9.85. The van der Waals surface area contributed by atoms with Gasteiger partial charge in [0.05, 0.1) is 5.69 Å². The van der Waals surface area contributed by atoms with Gasteiger partial charge in [0, 0.05) is 40.7 Å². The van der Waals surface area contributed by atoms with Crippen molar-refractivity contribution in [1.29, 1.82) is 0 Å². The van der Waals surface area contributed by atoms with Crippen LogP contribution in [-0.4, -0.2) is 15.1 Å². The predicted molar refractivity (Wildman–Crippen MR) is 130 cm³/mol. The normalized spacial score (nSPS) is 12.6. The summed E-state index contributed by atoms with van der Waals surface area (Å²) in [6.45, 7) is 5.99. The van der Waals surface area contributed by atoms with Crippen LogP contribution >= 0.6 is 11.9 Å². The first-order valence-electron chi connectivity index (χ1n) is 10.4. The predicted octanol–water partition coefficient (Wildman–Crippen LogP) is 5.02. The minimum absolute atomic E-state index is 0.0767. The molecule has 0 aliphatic rings. The highest BCUT2D eigenvalue weighted by molar-refractivity contribution is 7.98. The summed E-state index contributed by atoms with van der Waals surface area (Å²) < 4.78 is 29.0. The Morgan fingerprint density at radius 1 is 1.12 bits per heavy atom. The van der Waals surface area contributed by atoms with Gasteiger partial charge in [-0.25, -0.2) is 8.78 Å². The molecule has 8 heteroatoms. The summed E-state index contributed by atoms with van der Waals surface area (Å²) in [4.78, 5) is 25.8. The quantitative estimate of drug-likeness (QED) is 0.287. The van der Waals surface area contributed by atoms with Gasteiger partial charge in [-0.2, -0.15) is 0 Å². The van der Waals surface area contributed by atoms with Crippen molar-refractivity contribution in [3.8, 4) is 11.1 Å². The van der Waals surface area contributed by atoms with Crippen molar-refractivity contribution in [3.05, 3.63) is 87.3 Å². The molecule has 0 saturated carbocycles. The minimum Gasteiger partial charge on any atom is -0.396 e. The summed E-state index contributed by atoms with van der Waals surface area (Å²) in [5.74, 6) is -1.79. The molecule has 1 heterocycles. The van der Waals surface area contributed by atoms with Crippen molar-refractivity contribution in [3.63, 3.8) is 0 Å². The number of aromatic nitrogens is 1.